The second kappa shape index (κ2) is 5.27. The van der Waals surface area contributed by atoms with Crippen LogP contribution < -0.4 is 10.6 Å². The summed E-state index contributed by atoms with van der Waals surface area (Å²) in [6.07, 6.45) is 0.980. The van der Waals surface area contributed by atoms with Gasteiger partial charge in [0.2, 0.25) is 0 Å². The number of nitrogen functional groups attached to an aromatic ring is 1. The van der Waals surface area contributed by atoms with E-state index in [2.05, 4.69) is 11.8 Å². The summed E-state index contributed by atoms with van der Waals surface area (Å²) >= 11 is 0. The molecule has 18 heavy (non-hydrogen) atoms. The maximum absolute atomic E-state index is 10.9. The van der Waals surface area contributed by atoms with Crippen molar-refractivity contribution in [2.24, 2.45) is 0 Å². The molecule has 1 unspecified atom stereocenters. The zero-order chi connectivity index (χ0) is 13.1. The van der Waals surface area contributed by atoms with Crippen LogP contribution in [-0.2, 0) is 4.74 Å². The number of carbonyl (C=O) groups is 1. The number of hydrogen-bond acceptors (Lipinski definition) is 4. The molecule has 1 saturated heterocycles. The third-order valence-electron chi connectivity index (χ3n) is 3.27. The van der Waals surface area contributed by atoms with Crippen molar-refractivity contribution in [3.63, 3.8) is 0 Å². The number of rotatable bonds is 4. The van der Waals surface area contributed by atoms with E-state index >= 15 is 0 Å². The maximum Gasteiger partial charge on any atom is 0.335 e. The van der Waals surface area contributed by atoms with Gasteiger partial charge >= 0.3 is 5.97 Å². The molecule has 1 atom stereocenters. The minimum atomic E-state index is -0.958. The summed E-state index contributed by atoms with van der Waals surface area (Å²) < 4.78 is 5.39. The van der Waals surface area contributed by atoms with Gasteiger partial charge in [-0.15, -0.1) is 0 Å². The van der Waals surface area contributed by atoms with Gasteiger partial charge in [-0.25, -0.2) is 4.79 Å². The molecule has 2 rings (SSSR count). The molecule has 0 bridgehead atoms. The minimum absolute atomic E-state index is 0.218. The molecular formula is C13H18N2O3. The summed E-state index contributed by atoms with van der Waals surface area (Å²) in [6.45, 7) is 4.36. The van der Waals surface area contributed by atoms with Gasteiger partial charge in [-0.2, -0.15) is 0 Å². The highest BCUT2D eigenvalue weighted by atomic mass is 16.5. The number of aromatic carboxylic acids is 1. The molecule has 0 saturated carbocycles. The number of ether oxygens (including phenoxy) is 1. The molecule has 1 fully saturated rings. The SMILES string of the molecule is CCN(c1ccc(C(=O)O)cc1N)C1CCOC1. The Labute approximate surface area is 106 Å². The predicted octanol–water partition coefficient (Wildman–Crippen LogP) is 1.58. The molecule has 1 heterocycles. The molecule has 5 heteroatoms. The molecular weight excluding hydrogens is 232 g/mol. The lowest BCUT2D eigenvalue weighted by molar-refractivity contribution is 0.0697. The Morgan fingerprint density at radius 3 is 2.89 bits per heavy atom. The zero-order valence-corrected chi connectivity index (χ0v) is 10.4. The number of benzene rings is 1. The van der Waals surface area contributed by atoms with Gasteiger partial charge in [0.05, 0.1) is 29.6 Å². The largest absolute Gasteiger partial charge is 0.478 e. The predicted molar refractivity (Wildman–Crippen MR) is 70.1 cm³/mol. The van der Waals surface area contributed by atoms with Gasteiger partial charge in [-0.3, -0.25) is 0 Å². The molecule has 1 aromatic carbocycles. The molecule has 0 aliphatic carbocycles. The third-order valence-corrected chi connectivity index (χ3v) is 3.27. The molecule has 0 spiro atoms. The van der Waals surface area contributed by atoms with Gasteiger partial charge in [0.25, 0.3) is 0 Å². The van der Waals surface area contributed by atoms with Gasteiger partial charge in [0, 0.05) is 13.2 Å². The Balaban J connectivity index is 2.27. The Hall–Kier alpha value is -1.75. The summed E-state index contributed by atoms with van der Waals surface area (Å²) in [7, 11) is 0. The molecule has 1 aromatic rings. The Morgan fingerprint density at radius 2 is 2.39 bits per heavy atom. The van der Waals surface area contributed by atoms with Crippen LogP contribution in [0.5, 0.6) is 0 Å². The number of nitrogens with zero attached hydrogens (tertiary/aromatic N) is 1. The smallest absolute Gasteiger partial charge is 0.335 e. The zero-order valence-electron chi connectivity index (χ0n) is 10.4. The first-order valence-electron chi connectivity index (χ1n) is 6.10. The quantitative estimate of drug-likeness (QED) is 0.793. The van der Waals surface area contributed by atoms with Crippen molar-refractivity contribution in [1.82, 2.24) is 0 Å². The second-order valence-electron chi connectivity index (χ2n) is 4.38. The van der Waals surface area contributed by atoms with Crippen LogP contribution in [0.4, 0.5) is 11.4 Å². The van der Waals surface area contributed by atoms with E-state index < -0.39 is 5.97 Å². The second-order valence-corrected chi connectivity index (χ2v) is 4.38. The number of nitrogens with two attached hydrogens (primary N) is 1. The van der Waals surface area contributed by atoms with E-state index in [1.165, 1.54) is 6.07 Å². The molecule has 5 nitrogen and oxygen atoms in total. The van der Waals surface area contributed by atoms with Gasteiger partial charge in [0.1, 0.15) is 0 Å². The highest BCUT2D eigenvalue weighted by Crippen LogP contribution is 2.28. The monoisotopic (exact) mass is 250 g/mol. The van der Waals surface area contributed by atoms with Gasteiger partial charge in [-0.1, -0.05) is 0 Å². The van der Waals surface area contributed by atoms with Gasteiger partial charge in [0.15, 0.2) is 0 Å². The maximum atomic E-state index is 10.9. The van der Waals surface area contributed by atoms with Crippen molar-refractivity contribution in [3.05, 3.63) is 23.8 Å². The minimum Gasteiger partial charge on any atom is -0.478 e. The van der Waals surface area contributed by atoms with Crippen LogP contribution in [0.15, 0.2) is 18.2 Å². The average molecular weight is 250 g/mol. The fourth-order valence-electron chi connectivity index (χ4n) is 2.34. The van der Waals surface area contributed by atoms with E-state index in [1.807, 2.05) is 0 Å². The van der Waals surface area contributed by atoms with Crippen LogP contribution in [0.25, 0.3) is 0 Å². The number of anilines is 2. The molecule has 3 N–H and O–H groups in total. The van der Waals surface area contributed by atoms with Crippen molar-refractivity contribution in [2.45, 2.75) is 19.4 Å². The summed E-state index contributed by atoms with van der Waals surface area (Å²) in [5, 5.41) is 8.92. The van der Waals surface area contributed by atoms with E-state index in [0.717, 1.165) is 25.3 Å². The lowest BCUT2D eigenvalue weighted by Crippen LogP contribution is -2.36. The van der Waals surface area contributed by atoms with E-state index in [4.69, 9.17) is 15.6 Å². The van der Waals surface area contributed by atoms with Gasteiger partial charge < -0.3 is 20.5 Å². The van der Waals surface area contributed by atoms with Gasteiger partial charge in [-0.05, 0) is 31.5 Å². The lowest BCUT2D eigenvalue weighted by atomic mass is 10.1. The van der Waals surface area contributed by atoms with E-state index in [1.54, 1.807) is 12.1 Å². The van der Waals surface area contributed by atoms with E-state index in [9.17, 15) is 4.79 Å². The Bertz CT molecular complexity index is 442. The van der Waals surface area contributed by atoms with Crippen molar-refractivity contribution >= 4 is 17.3 Å². The number of hydrogen-bond donors (Lipinski definition) is 2. The average Bonchev–Trinajstić information content (AvgIpc) is 2.85. The molecule has 98 valence electrons. The van der Waals surface area contributed by atoms with Crippen molar-refractivity contribution in [2.75, 3.05) is 30.4 Å². The number of carboxylic acid groups (broad SMARTS) is 1. The van der Waals surface area contributed by atoms with E-state index in [-0.39, 0.29) is 5.56 Å². The van der Waals surface area contributed by atoms with Crippen LogP contribution in [0.1, 0.15) is 23.7 Å². The summed E-state index contributed by atoms with van der Waals surface area (Å²) in [5.74, 6) is -0.958. The molecule has 1 aliphatic rings. The normalized spacial score (nSPS) is 18.8. The van der Waals surface area contributed by atoms with Crippen LogP contribution in [0.2, 0.25) is 0 Å². The molecule has 0 aromatic heterocycles. The topological polar surface area (TPSA) is 75.8 Å². The Morgan fingerprint density at radius 1 is 1.61 bits per heavy atom. The van der Waals surface area contributed by atoms with Crippen LogP contribution in [0, 0.1) is 0 Å². The van der Waals surface area contributed by atoms with Crippen molar-refractivity contribution < 1.29 is 14.6 Å². The third kappa shape index (κ3) is 2.41. The fourth-order valence-corrected chi connectivity index (χ4v) is 2.34. The first-order valence-corrected chi connectivity index (χ1v) is 6.10. The van der Waals surface area contributed by atoms with E-state index in [0.29, 0.717) is 18.3 Å². The fraction of sp³-hybridized carbons (Fsp3) is 0.462. The molecule has 0 amide bonds. The molecule has 1 aliphatic heterocycles. The number of likely N-dealkylation sites (N-methyl/N-ethyl adjacent to an activating group) is 1. The summed E-state index contributed by atoms with van der Waals surface area (Å²) in [5.41, 5.74) is 7.57. The Kier molecular flexibility index (Phi) is 3.72. The standard InChI is InChI=1S/C13H18N2O3/c1-2-15(10-5-6-18-8-10)12-4-3-9(13(16)17)7-11(12)14/h3-4,7,10H,2,5-6,8,14H2,1H3,(H,16,17). The van der Waals surface area contributed by atoms with Crippen molar-refractivity contribution in [3.8, 4) is 0 Å². The highest BCUT2D eigenvalue weighted by molar-refractivity contribution is 5.90. The lowest BCUT2D eigenvalue weighted by Gasteiger charge is -2.30. The van der Waals surface area contributed by atoms with Crippen molar-refractivity contribution in [1.29, 1.82) is 0 Å². The summed E-state index contributed by atoms with van der Waals surface area (Å²) in [4.78, 5) is 13.0. The van der Waals surface area contributed by atoms with Crippen LogP contribution in [0.3, 0.4) is 0 Å². The first-order chi connectivity index (χ1) is 8.63. The summed E-state index contributed by atoms with van der Waals surface area (Å²) in [6, 6.07) is 5.21. The first kappa shape index (κ1) is 12.7. The highest BCUT2D eigenvalue weighted by Gasteiger charge is 2.23. The number of carboxylic acids is 1. The molecule has 0 radical (unpaired) electrons. The van der Waals surface area contributed by atoms with Crippen LogP contribution in [-0.4, -0.2) is 36.9 Å². The van der Waals surface area contributed by atoms with Crippen LogP contribution >= 0.6 is 0 Å².